The van der Waals surface area contributed by atoms with Crippen molar-refractivity contribution in [3.8, 4) is 0 Å². The maximum Gasteiger partial charge on any atom is 0.234 e. The van der Waals surface area contributed by atoms with E-state index in [1.54, 1.807) is 0 Å². The van der Waals surface area contributed by atoms with Crippen LogP contribution in [-0.2, 0) is 4.79 Å². The molecular formula is C7H15N3O. The lowest BCUT2D eigenvalue weighted by Crippen LogP contribution is -2.53. The van der Waals surface area contributed by atoms with Crippen LogP contribution < -0.4 is 11.1 Å². The van der Waals surface area contributed by atoms with Crippen molar-refractivity contribution in [2.75, 3.05) is 26.7 Å². The molecule has 1 unspecified atom stereocenters. The molecule has 0 aromatic heterocycles. The van der Waals surface area contributed by atoms with Crippen LogP contribution in [0, 0.1) is 0 Å². The van der Waals surface area contributed by atoms with Crippen molar-refractivity contribution in [3.05, 3.63) is 0 Å². The number of amides is 1. The molecule has 1 amide bonds. The van der Waals surface area contributed by atoms with Gasteiger partial charge in [-0.1, -0.05) is 0 Å². The SMILES string of the molecule is CN1CC(=O)NC(CCN)C1. The van der Waals surface area contributed by atoms with Gasteiger partial charge >= 0.3 is 0 Å². The van der Waals surface area contributed by atoms with Crippen LogP contribution in [0.4, 0.5) is 0 Å². The molecule has 0 spiro atoms. The third-order valence-electron chi connectivity index (χ3n) is 1.83. The predicted molar refractivity (Wildman–Crippen MR) is 43.1 cm³/mol. The van der Waals surface area contributed by atoms with Crippen LogP contribution in [0.15, 0.2) is 0 Å². The molecule has 1 heterocycles. The first-order chi connectivity index (χ1) is 5.22. The molecule has 1 rings (SSSR count). The van der Waals surface area contributed by atoms with E-state index in [4.69, 9.17) is 5.73 Å². The minimum absolute atomic E-state index is 0.109. The van der Waals surface area contributed by atoms with Crippen molar-refractivity contribution in [2.45, 2.75) is 12.5 Å². The zero-order valence-electron chi connectivity index (χ0n) is 6.84. The first-order valence-electron chi connectivity index (χ1n) is 3.90. The van der Waals surface area contributed by atoms with E-state index >= 15 is 0 Å². The van der Waals surface area contributed by atoms with E-state index in [0.29, 0.717) is 13.1 Å². The third kappa shape index (κ3) is 2.48. The third-order valence-corrected chi connectivity index (χ3v) is 1.83. The molecule has 1 aliphatic rings. The Hall–Kier alpha value is -0.610. The minimum atomic E-state index is 0.109. The number of nitrogens with one attached hydrogen (secondary N) is 1. The number of piperazine rings is 1. The summed E-state index contributed by atoms with van der Waals surface area (Å²) in [6.45, 7) is 2.07. The molecule has 1 atom stereocenters. The van der Waals surface area contributed by atoms with Gasteiger partial charge in [0.1, 0.15) is 0 Å². The Balaban J connectivity index is 2.36. The zero-order chi connectivity index (χ0) is 8.27. The van der Waals surface area contributed by atoms with Crippen molar-refractivity contribution in [3.63, 3.8) is 0 Å². The van der Waals surface area contributed by atoms with Crippen molar-refractivity contribution in [1.82, 2.24) is 10.2 Å². The molecule has 3 N–H and O–H groups in total. The number of rotatable bonds is 2. The number of hydrogen-bond acceptors (Lipinski definition) is 3. The fraction of sp³-hybridized carbons (Fsp3) is 0.857. The van der Waals surface area contributed by atoms with Crippen LogP contribution in [-0.4, -0.2) is 43.5 Å². The summed E-state index contributed by atoms with van der Waals surface area (Å²) in [5.74, 6) is 0.109. The molecule has 0 saturated carbocycles. The van der Waals surface area contributed by atoms with Crippen LogP contribution in [0.3, 0.4) is 0 Å². The summed E-state index contributed by atoms with van der Waals surface area (Å²) < 4.78 is 0. The maximum atomic E-state index is 11.0. The van der Waals surface area contributed by atoms with E-state index < -0.39 is 0 Å². The van der Waals surface area contributed by atoms with Gasteiger partial charge in [-0.3, -0.25) is 9.69 Å². The Kier molecular flexibility index (Phi) is 2.84. The normalized spacial score (nSPS) is 26.7. The molecule has 1 fully saturated rings. The van der Waals surface area contributed by atoms with Crippen LogP contribution in [0.1, 0.15) is 6.42 Å². The van der Waals surface area contributed by atoms with E-state index in [-0.39, 0.29) is 11.9 Å². The van der Waals surface area contributed by atoms with Gasteiger partial charge in [-0.25, -0.2) is 0 Å². The summed E-state index contributed by atoms with van der Waals surface area (Å²) in [5.41, 5.74) is 5.38. The summed E-state index contributed by atoms with van der Waals surface area (Å²) in [4.78, 5) is 13.0. The molecule has 1 saturated heterocycles. The van der Waals surface area contributed by atoms with Gasteiger partial charge in [-0.05, 0) is 20.0 Å². The molecular weight excluding hydrogens is 142 g/mol. The molecule has 11 heavy (non-hydrogen) atoms. The number of hydrogen-bond donors (Lipinski definition) is 2. The highest BCUT2D eigenvalue weighted by Gasteiger charge is 2.20. The molecule has 0 aliphatic carbocycles. The highest BCUT2D eigenvalue weighted by Crippen LogP contribution is 1.99. The molecule has 64 valence electrons. The van der Waals surface area contributed by atoms with Crippen LogP contribution in [0.25, 0.3) is 0 Å². The van der Waals surface area contributed by atoms with Gasteiger partial charge in [0.25, 0.3) is 0 Å². The number of carbonyl (C=O) groups excluding carboxylic acids is 1. The van der Waals surface area contributed by atoms with E-state index in [1.807, 2.05) is 11.9 Å². The van der Waals surface area contributed by atoms with E-state index in [0.717, 1.165) is 13.0 Å². The van der Waals surface area contributed by atoms with Crippen molar-refractivity contribution < 1.29 is 4.79 Å². The first kappa shape index (κ1) is 8.49. The van der Waals surface area contributed by atoms with Crippen LogP contribution in [0.2, 0.25) is 0 Å². The second-order valence-electron chi connectivity index (χ2n) is 3.04. The minimum Gasteiger partial charge on any atom is -0.351 e. The van der Waals surface area contributed by atoms with Crippen molar-refractivity contribution in [1.29, 1.82) is 0 Å². The lowest BCUT2D eigenvalue weighted by Gasteiger charge is -2.29. The molecule has 0 radical (unpaired) electrons. The van der Waals surface area contributed by atoms with Crippen molar-refractivity contribution in [2.24, 2.45) is 5.73 Å². The van der Waals surface area contributed by atoms with Gasteiger partial charge in [-0.15, -0.1) is 0 Å². The Morgan fingerprint density at radius 3 is 3.09 bits per heavy atom. The van der Waals surface area contributed by atoms with Gasteiger partial charge < -0.3 is 11.1 Å². The summed E-state index contributed by atoms with van der Waals surface area (Å²) in [7, 11) is 1.95. The van der Waals surface area contributed by atoms with Gasteiger partial charge in [-0.2, -0.15) is 0 Å². The summed E-state index contributed by atoms with van der Waals surface area (Å²) in [6, 6.07) is 0.256. The van der Waals surface area contributed by atoms with Gasteiger partial charge in [0.15, 0.2) is 0 Å². The number of nitrogens with two attached hydrogens (primary N) is 1. The number of nitrogens with zero attached hydrogens (tertiary/aromatic N) is 1. The Bertz CT molecular complexity index is 149. The highest BCUT2D eigenvalue weighted by atomic mass is 16.2. The number of carbonyl (C=O) groups is 1. The molecule has 0 aromatic carbocycles. The topological polar surface area (TPSA) is 58.4 Å². The second-order valence-corrected chi connectivity index (χ2v) is 3.04. The molecule has 1 aliphatic heterocycles. The fourth-order valence-corrected chi connectivity index (χ4v) is 1.37. The Morgan fingerprint density at radius 2 is 2.55 bits per heavy atom. The summed E-state index contributed by atoms with van der Waals surface area (Å²) in [5, 5.41) is 2.89. The lowest BCUT2D eigenvalue weighted by atomic mass is 10.1. The smallest absolute Gasteiger partial charge is 0.234 e. The van der Waals surface area contributed by atoms with Gasteiger partial charge in [0.2, 0.25) is 5.91 Å². The second kappa shape index (κ2) is 3.69. The first-order valence-corrected chi connectivity index (χ1v) is 3.90. The average Bonchev–Trinajstić information content (AvgIpc) is 1.85. The predicted octanol–water partition coefficient (Wildman–Crippen LogP) is -1.23. The molecule has 0 aromatic rings. The van der Waals surface area contributed by atoms with E-state index in [9.17, 15) is 4.79 Å². The Morgan fingerprint density at radius 1 is 1.82 bits per heavy atom. The molecule has 4 heteroatoms. The largest absolute Gasteiger partial charge is 0.351 e. The lowest BCUT2D eigenvalue weighted by molar-refractivity contribution is -0.125. The molecule has 4 nitrogen and oxygen atoms in total. The zero-order valence-corrected chi connectivity index (χ0v) is 6.84. The Labute approximate surface area is 66.7 Å². The van der Waals surface area contributed by atoms with Gasteiger partial charge in [0.05, 0.1) is 6.54 Å². The van der Waals surface area contributed by atoms with Gasteiger partial charge in [0, 0.05) is 12.6 Å². The highest BCUT2D eigenvalue weighted by molar-refractivity contribution is 5.79. The van der Waals surface area contributed by atoms with Crippen molar-refractivity contribution >= 4 is 5.91 Å². The maximum absolute atomic E-state index is 11.0. The molecule has 0 bridgehead atoms. The summed E-state index contributed by atoms with van der Waals surface area (Å²) >= 11 is 0. The number of likely N-dealkylation sites (N-methyl/N-ethyl adjacent to an activating group) is 1. The standard InChI is InChI=1S/C7H15N3O/c1-10-4-6(2-3-8)9-7(11)5-10/h6H,2-5,8H2,1H3,(H,9,11). The monoisotopic (exact) mass is 157 g/mol. The quantitative estimate of drug-likeness (QED) is 0.527. The average molecular weight is 157 g/mol. The van der Waals surface area contributed by atoms with E-state index in [1.165, 1.54) is 0 Å². The van der Waals surface area contributed by atoms with Crippen LogP contribution in [0.5, 0.6) is 0 Å². The van der Waals surface area contributed by atoms with Crippen LogP contribution >= 0.6 is 0 Å². The fourth-order valence-electron chi connectivity index (χ4n) is 1.37. The summed E-state index contributed by atoms with van der Waals surface area (Å²) in [6.07, 6.45) is 0.871. The van der Waals surface area contributed by atoms with E-state index in [2.05, 4.69) is 5.32 Å².